The molecule has 25 heavy (non-hydrogen) atoms. The number of hydrogen-bond acceptors (Lipinski definition) is 4. The quantitative estimate of drug-likeness (QED) is 0.620. The Bertz CT molecular complexity index is 707. The molecule has 7 heteroatoms. The van der Waals surface area contributed by atoms with Crippen LogP contribution in [0.25, 0.3) is 11.4 Å². The van der Waals surface area contributed by atoms with Crippen molar-refractivity contribution in [2.24, 2.45) is 5.92 Å². The van der Waals surface area contributed by atoms with Crippen LogP contribution in [0.2, 0.25) is 0 Å². The Morgan fingerprint density at radius 1 is 1.32 bits per heavy atom. The summed E-state index contributed by atoms with van der Waals surface area (Å²) in [7, 11) is 0. The second-order valence-corrected chi connectivity index (χ2v) is 6.92. The summed E-state index contributed by atoms with van der Waals surface area (Å²) in [5.41, 5.74) is 1.63. The van der Waals surface area contributed by atoms with Gasteiger partial charge in [-0.2, -0.15) is 5.10 Å². The lowest BCUT2D eigenvalue weighted by Crippen LogP contribution is -2.33. The number of hydrogen-bond donors (Lipinski definition) is 4. The van der Waals surface area contributed by atoms with Crippen molar-refractivity contribution in [3.05, 3.63) is 30.1 Å². The fourth-order valence-corrected chi connectivity index (χ4v) is 2.75. The average molecular weight is 343 g/mol. The zero-order valence-corrected chi connectivity index (χ0v) is 14.6. The first-order valence-electron chi connectivity index (χ1n) is 8.77. The number of aliphatic hydroxyl groups excluding tert-OH is 1. The highest BCUT2D eigenvalue weighted by Gasteiger charge is 2.27. The van der Waals surface area contributed by atoms with E-state index in [0.717, 1.165) is 11.4 Å². The van der Waals surface area contributed by atoms with Gasteiger partial charge in [0.15, 0.2) is 5.82 Å². The third kappa shape index (κ3) is 5.03. The molecular weight excluding hydrogens is 318 g/mol. The Morgan fingerprint density at radius 3 is 2.68 bits per heavy atom. The lowest BCUT2D eigenvalue weighted by molar-refractivity contribution is 0.163. The first kappa shape index (κ1) is 17.4. The van der Waals surface area contributed by atoms with E-state index < -0.39 is 0 Å². The molecule has 1 fully saturated rings. The van der Waals surface area contributed by atoms with E-state index in [1.807, 2.05) is 31.2 Å². The molecule has 1 saturated carbocycles. The van der Waals surface area contributed by atoms with Gasteiger partial charge in [0, 0.05) is 23.7 Å². The predicted molar refractivity (Wildman–Crippen MR) is 96.3 cm³/mol. The highest BCUT2D eigenvalue weighted by Crippen LogP contribution is 2.38. The van der Waals surface area contributed by atoms with Gasteiger partial charge in [-0.25, -0.2) is 9.78 Å². The minimum absolute atomic E-state index is 0.222. The molecule has 0 bridgehead atoms. The van der Waals surface area contributed by atoms with Crippen LogP contribution >= 0.6 is 0 Å². The molecule has 2 aromatic rings. The second kappa shape index (κ2) is 7.65. The maximum absolute atomic E-state index is 11.9. The van der Waals surface area contributed by atoms with Gasteiger partial charge in [-0.3, -0.25) is 5.10 Å². The van der Waals surface area contributed by atoms with Crippen molar-refractivity contribution < 1.29 is 9.90 Å². The van der Waals surface area contributed by atoms with E-state index in [1.165, 1.54) is 12.8 Å². The van der Waals surface area contributed by atoms with Crippen molar-refractivity contribution in [2.45, 2.75) is 45.1 Å². The van der Waals surface area contributed by atoms with Crippen molar-refractivity contribution in [1.82, 2.24) is 20.5 Å². The topological polar surface area (TPSA) is 103 Å². The number of aromatic nitrogens is 3. The summed E-state index contributed by atoms with van der Waals surface area (Å²) >= 11 is 0. The summed E-state index contributed by atoms with van der Waals surface area (Å²) in [5.74, 6) is 2.41. The largest absolute Gasteiger partial charge is 0.393 e. The molecule has 1 heterocycles. The number of nitrogens with one attached hydrogen (secondary N) is 3. The second-order valence-electron chi connectivity index (χ2n) is 6.92. The molecule has 0 saturated heterocycles. The van der Waals surface area contributed by atoms with E-state index >= 15 is 0 Å². The molecule has 1 aliphatic rings. The van der Waals surface area contributed by atoms with Crippen molar-refractivity contribution in [1.29, 1.82) is 0 Å². The minimum Gasteiger partial charge on any atom is -0.393 e. The van der Waals surface area contributed by atoms with E-state index in [9.17, 15) is 9.90 Å². The summed E-state index contributed by atoms with van der Waals surface area (Å²) in [4.78, 5) is 16.4. The van der Waals surface area contributed by atoms with Crippen LogP contribution in [0, 0.1) is 5.92 Å². The van der Waals surface area contributed by atoms with Crippen molar-refractivity contribution in [2.75, 3.05) is 11.9 Å². The lowest BCUT2D eigenvalue weighted by Gasteiger charge is -2.14. The number of aliphatic hydroxyl groups is 1. The van der Waals surface area contributed by atoms with Crippen LogP contribution in [0.3, 0.4) is 0 Å². The van der Waals surface area contributed by atoms with Crippen LogP contribution in [-0.4, -0.2) is 39.0 Å². The summed E-state index contributed by atoms with van der Waals surface area (Å²) < 4.78 is 0. The molecule has 134 valence electrons. The Kier molecular flexibility index (Phi) is 5.33. The first-order chi connectivity index (χ1) is 12.0. The molecule has 0 radical (unpaired) electrons. The number of H-pyrrole nitrogens is 1. The van der Waals surface area contributed by atoms with Crippen LogP contribution in [-0.2, 0) is 0 Å². The van der Waals surface area contributed by atoms with Crippen LogP contribution in [0.4, 0.5) is 10.5 Å². The molecule has 1 aliphatic carbocycles. The summed E-state index contributed by atoms with van der Waals surface area (Å²) in [6.07, 6.45) is 2.67. The molecule has 0 aliphatic heterocycles. The molecule has 0 unspecified atom stereocenters. The number of amides is 2. The number of nitrogens with zero attached hydrogens (tertiary/aromatic N) is 2. The van der Waals surface area contributed by atoms with Gasteiger partial charge in [-0.15, -0.1) is 0 Å². The normalized spacial score (nSPS) is 16.3. The molecular formula is C18H25N5O2. The number of carbonyl (C=O) groups is 1. The summed E-state index contributed by atoms with van der Waals surface area (Å²) in [6.45, 7) is 4.27. The first-order valence-corrected chi connectivity index (χ1v) is 8.77. The molecule has 2 amide bonds. The average Bonchev–Trinajstić information content (AvgIpc) is 3.31. The Balaban J connectivity index is 1.50. The molecule has 0 spiro atoms. The van der Waals surface area contributed by atoms with E-state index in [1.54, 1.807) is 6.92 Å². The molecule has 7 nitrogen and oxygen atoms in total. The predicted octanol–water partition coefficient (Wildman–Crippen LogP) is 2.88. The van der Waals surface area contributed by atoms with Gasteiger partial charge in [-0.1, -0.05) is 6.92 Å². The number of rotatable bonds is 7. The van der Waals surface area contributed by atoms with Gasteiger partial charge in [0.2, 0.25) is 0 Å². The molecule has 3 rings (SSSR count). The standard InChI is InChI=1S/C18H25N5O2/c1-11(9-12(2)24)10-19-18(25)20-15-7-5-14(6-8-15)17-21-16(22-23-17)13-3-4-13/h5-8,11-13,24H,3-4,9-10H2,1-2H3,(H2,19,20,25)(H,21,22,23)/t11-,12-/m1/s1. The minimum atomic E-state index is -0.358. The third-order valence-electron chi connectivity index (χ3n) is 4.22. The maximum Gasteiger partial charge on any atom is 0.319 e. The highest BCUT2D eigenvalue weighted by atomic mass is 16.3. The van der Waals surface area contributed by atoms with Gasteiger partial charge in [-0.05, 0) is 56.4 Å². The van der Waals surface area contributed by atoms with Gasteiger partial charge in [0.05, 0.1) is 6.10 Å². The fraction of sp³-hybridized carbons (Fsp3) is 0.500. The SMILES string of the molecule is C[C@@H](CNC(=O)Nc1ccc(-c2n[nH]c(C3CC3)n2)cc1)C[C@@H](C)O. The Morgan fingerprint density at radius 2 is 2.04 bits per heavy atom. The van der Waals surface area contributed by atoms with Crippen LogP contribution in [0.15, 0.2) is 24.3 Å². The maximum atomic E-state index is 11.9. The van der Waals surface area contributed by atoms with Gasteiger partial charge < -0.3 is 15.7 Å². The van der Waals surface area contributed by atoms with E-state index in [2.05, 4.69) is 25.8 Å². The van der Waals surface area contributed by atoms with Crippen molar-refractivity contribution >= 4 is 11.7 Å². The van der Waals surface area contributed by atoms with Gasteiger partial charge in [0.25, 0.3) is 0 Å². The lowest BCUT2D eigenvalue weighted by atomic mass is 10.1. The Labute approximate surface area is 147 Å². The van der Waals surface area contributed by atoms with Crippen molar-refractivity contribution in [3.8, 4) is 11.4 Å². The smallest absolute Gasteiger partial charge is 0.319 e. The molecule has 2 atom stereocenters. The van der Waals surface area contributed by atoms with E-state index in [-0.39, 0.29) is 18.1 Å². The van der Waals surface area contributed by atoms with E-state index in [0.29, 0.717) is 30.4 Å². The fourth-order valence-electron chi connectivity index (χ4n) is 2.75. The summed E-state index contributed by atoms with van der Waals surface area (Å²) in [6, 6.07) is 7.21. The third-order valence-corrected chi connectivity index (χ3v) is 4.22. The van der Waals surface area contributed by atoms with Crippen molar-refractivity contribution in [3.63, 3.8) is 0 Å². The summed E-state index contributed by atoms with van der Waals surface area (Å²) in [5, 5.41) is 22.2. The molecule has 1 aromatic carbocycles. The van der Waals surface area contributed by atoms with Crippen LogP contribution < -0.4 is 10.6 Å². The number of anilines is 1. The molecule has 1 aromatic heterocycles. The van der Waals surface area contributed by atoms with Gasteiger partial charge in [0.1, 0.15) is 5.82 Å². The number of carbonyl (C=O) groups excluding carboxylic acids is 1. The number of aromatic amines is 1. The highest BCUT2D eigenvalue weighted by molar-refractivity contribution is 5.89. The van der Waals surface area contributed by atoms with Gasteiger partial charge >= 0.3 is 6.03 Å². The monoisotopic (exact) mass is 343 g/mol. The zero-order chi connectivity index (χ0) is 17.8. The van der Waals surface area contributed by atoms with Crippen LogP contribution in [0.1, 0.15) is 44.9 Å². The Hall–Kier alpha value is -2.41. The number of benzene rings is 1. The molecule has 4 N–H and O–H groups in total. The zero-order valence-electron chi connectivity index (χ0n) is 14.6. The van der Waals surface area contributed by atoms with E-state index in [4.69, 9.17) is 0 Å². The number of urea groups is 1. The van der Waals surface area contributed by atoms with Crippen LogP contribution in [0.5, 0.6) is 0 Å².